The Morgan fingerprint density at radius 2 is 1.07 bits per heavy atom. The van der Waals surface area contributed by atoms with Crippen molar-refractivity contribution in [3.8, 4) is 0 Å². The van der Waals surface area contributed by atoms with Crippen molar-refractivity contribution < 1.29 is 32.8 Å². The summed E-state index contributed by atoms with van der Waals surface area (Å²) in [6.07, 6.45) is 0. The van der Waals surface area contributed by atoms with Crippen molar-refractivity contribution in [2.75, 3.05) is 26.4 Å². The number of halogens is 2. The van der Waals surface area contributed by atoms with Crippen LogP contribution in [-0.2, 0) is 27.9 Å². The predicted octanol–water partition coefficient (Wildman–Crippen LogP) is 7.17. The highest BCUT2D eigenvalue weighted by atomic mass is 79.9. The first-order valence-electron chi connectivity index (χ1n) is 14.7. The van der Waals surface area contributed by atoms with Crippen LogP contribution in [0, 0.1) is 13.8 Å². The average Bonchev–Trinajstić information content (AvgIpc) is 3.02. The zero-order valence-electron chi connectivity index (χ0n) is 26.9. The maximum absolute atomic E-state index is 13.2. The molecule has 9 nitrogen and oxygen atoms in total. The second-order valence-electron chi connectivity index (χ2n) is 9.44. The number of pyridine rings is 2. The molecule has 0 radical (unpaired) electrons. The summed E-state index contributed by atoms with van der Waals surface area (Å²) in [6, 6.07) is 24.8. The summed E-state index contributed by atoms with van der Waals surface area (Å²) in [6.45, 7) is 13.0. The van der Waals surface area contributed by atoms with Crippen LogP contribution in [0.3, 0.4) is 0 Å². The fraction of sp³-hybridized carbons (Fsp3) is 0.333. The number of hydrogen-bond donors (Lipinski definition) is 1. The van der Waals surface area contributed by atoms with Gasteiger partial charge in [-0.25, -0.2) is 9.97 Å². The third-order valence-corrected chi connectivity index (χ3v) is 11.0. The van der Waals surface area contributed by atoms with Crippen LogP contribution in [0.4, 0.5) is 0 Å². The van der Waals surface area contributed by atoms with Gasteiger partial charge in [0.2, 0.25) is 0 Å². The van der Waals surface area contributed by atoms with E-state index in [9.17, 15) is 14.0 Å². The number of benzene rings is 2. The topological polar surface area (TPSA) is 117 Å². The fourth-order valence-corrected chi connectivity index (χ4v) is 8.89. The van der Waals surface area contributed by atoms with E-state index in [2.05, 4.69) is 41.8 Å². The monoisotopic (exact) mass is 798 g/mol. The van der Waals surface area contributed by atoms with Crippen LogP contribution in [0.2, 0.25) is 0 Å². The molecule has 0 fully saturated rings. The van der Waals surface area contributed by atoms with Gasteiger partial charge in [0.05, 0.1) is 6.61 Å². The minimum Gasteiger partial charge on any atom is -0.337 e. The summed E-state index contributed by atoms with van der Waals surface area (Å²) in [5, 5.41) is 1.06. The van der Waals surface area contributed by atoms with E-state index < -0.39 is 21.2 Å². The molecule has 0 aliphatic heterocycles. The zero-order chi connectivity index (χ0) is 34.2. The van der Waals surface area contributed by atoms with Crippen molar-refractivity contribution in [1.29, 1.82) is 0 Å². The Bertz CT molecular complexity index is 1530. The standard InChI is InChI=1S/C14H15BrNO2P.C12H11BrNO2P.C7H16O3/c1-3-18-19(17,13-7-5-4-6-8-13)14-10-12(15)9-11(2)16-14;1-9-7-10(13)8-12(14-9)17(15,16)11-5-3-2-4-6-11;1-4-8-7(9-5-2)10-6-3/h4-10H,3H2,1-2H3;2-8H,1H3,(H,15,16);7H,4-6H2,1-3H3. The van der Waals surface area contributed by atoms with E-state index in [0.717, 1.165) is 14.6 Å². The van der Waals surface area contributed by atoms with Gasteiger partial charge in [-0.3, -0.25) is 9.13 Å². The van der Waals surface area contributed by atoms with E-state index in [1.54, 1.807) is 49.4 Å². The molecule has 2 aromatic carbocycles. The third-order valence-electron chi connectivity index (χ3n) is 5.84. The molecular weight excluding hydrogens is 758 g/mol. The molecule has 2 aromatic heterocycles. The molecule has 2 heterocycles. The van der Waals surface area contributed by atoms with Crippen molar-refractivity contribution in [1.82, 2.24) is 9.97 Å². The van der Waals surface area contributed by atoms with Gasteiger partial charge in [0, 0.05) is 50.8 Å². The van der Waals surface area contributed by atoms with Gasteiger partial charge < -0.3 is 23.6 Å². The van der Waals surface area contributed by atoms with Gasteiger partial charge >= 0.3 is 0 Å². The number of aromatic nitrogens is 2. The minimum absolute atomic E-state index is 0.204. The lowest BCUT2D eigenvalue weighted by Gasteiger charge is -2.18. The number of ether oxygens (including phenoxy) is 3. The van der Waals surface area contributed by atoms with Crippen LogP contribution in [0.5, 0.6) is 0 Å². The quantitative estimate of drug-likeness (QED) is 0.118. The third kappa shape index (κ3) is 12.5. The van der Waals surface area contributed by atoms with E-state index in [-0.39, 0.29) is 5.44 Å². The molecule has 2 unspecified atom stereocenters. The first-order chi connectivity index (χ1) is 21.9. The Balaban J connectivity index is 0.000000252. The Labute approximate surface area is 289 Å². The molecule has 0 aliphatic carbocycles. The number of aryl methyl sites for hydroxylation is 2. The predicted molar refractivity (Wildman–Crippen MR) is 192 cm³/mol. The maximum Gasteiger partial charge on any atom is 0.279 e. The number of rotatable bonds is 12. The molecule has 13 heteroatoms. The Kier molecular flexibility index (Phi) is 17.8. The van der Waals surface area contributed by atoms with Crippen molar-refractivity contribution in [3.05, 3.63) is 105 Å². The molecule has 4 rings (SSSR count). The largest absolute Gasteiger partial charge is 0.337 e. The molecule has 0 amide bonds. The van der Waals surface area contributed by atoms with Gasteiger partial charge in [-0.15, -0.1) is 0 Å². The van der Waals surface area contributed by atoms with Crippen LogP contribution < -0.4 is 21.5 Å². The molecule has 0 aliphatic rings. The molecule has 4 aromatic rings. The van der Waals surface area contributed by atoms with Crippen LogP contribution >= 0.6 is 46.6 Å². The number of nitrogens with zero attached hydrogens (tertiary/aromatic N) is 2. The van der Waals surface area contributed by atoms with Gasteiger partial charge in [-0.2, -0.15) is 0 Å². The van der Waals surface area contributed by atoms with E-state index >= 15 is 0 Å². The average molecular weight is 800 g/mol. The van der Waals surface area contributed by atoms with Gasteiger partial charge in [0.25, 0.3) is 21.2 Å². The summed E-state index contributed by atoms with van der Waals surface area (Å²) < 4.78 is 48.0. The highest BCUT2D eigenvalue weighted by Crippen LogP contribution is 2.44. The Hall–Kier alpha value is -2.04. The molecule has 46 heavy (non-hydrogen) atoms. The van der Waals surface area contributed by atoms with Crippen LogP contribution in [0.15, 0.2) is 93.9 Å². The first-order valence-corrected chi connectivity index (χ1v) is 19.6. The molecule has 0 spiro atoms. The molecular formula is C33H42Br2N2O7P2. The Morgan fingerprint density at radius 1 is 0.652 bits per heavy atom. The van der Waals surface area contributed by atoms with Crippen molar-refractivity contribution >= 4 is 68.1 Å². The Morgan fingerprint density at radius 3 is 1.48 bits per heavy atom. The molecule has 0 saturated heterocycles. The highest BCUT2D eigenvalue weighted by molar-refractivity contribution is 9.10. The SMILES string of the molecule is CCOC(OCC)OCC.CCOP(=O)(c1ccccc1)c1cc(Br)cc(C)n1.Cc1cc(Br)cc(P(=O)(O)c2ccccc2)n1. The van der Waals surface area contributed by atoms with Gasteiger partial charge in [-0.05, 0) is 90.1 Å². The second-order valence-corrected chi connectivity index (χ2v) is 15.7. The lowest BCUT2D eigenvalue weighted by molar-refractivity contribution is -0.282. The summed E-state index contributed by atoms with van der Waals surface area (Å²) in [4.78, 5) is 18.7. The smallest absolute Gasteiger partial charge is 0.279 e. The van der Waals surface area contributed by atoms with E-state index in [0.29, 0.717) is 48.2 Å². The zero-order valence-corrected chi connectivity index (χ0v) is 31.9. The molecule has 1 N–H and O–H groups in total. The van der Waals surface area contributed by atoms with E-state index in [4.69, 9.17) is 18.7 Å². The molecule has 250 valence electrons. The normalized spacial score (nSPS) is 13.4. The van der Waals surface area contributed by atoms with Crippen LogP contribution in [0.1, 0.15) is 39.1 Å². The summed E-state index contributed by atoms with van der Waals surface area (Å²) >= 11 is 6.72. The van der Waals surface area contributed by atoms with Crippen molar-refractivity contribution in [2.45, 2.75) is 48.0 Å². The minimum atomic E-state index is -3.59. The summed E-state index contributed by atoms with van der Waals surface area (Å²) in [5.41, 5.74) is 2.20. The van der Waals surface area contributed by atoms with E-state index in [1.165, 1.54) is 0 Å². The number of hydrogen-bond acceptors (Lipinski definition) is 8. The van der Waals surface area contributed by atoms with Gasteiger partial charge in [0.15, 0.2) is 0 Å². The van der Waals surface area contributed by atoms with Crippen molar-refractivity contribution in [2.24, 2.45) is 0 Å². The van der Waals surface area contributed by atoms with Gasteiger partial charge in [0.1, 0.15) is 10.9 Å². The lowest BCUT2D eigenvalue weighted by atomic mass is 10.4. The molecule has 0 saturated carbocycles. The van der Waals surface area contributed by atoms with Crippen molar-refractivity contribution in [3.63, 3.8) is 0 Å². The molecule has 0 bridgehead atoms. The summed E-state index contributed by atoms with van der Waals surface area (Å²) in [5.74, 6) is 0. The fourth-order valence-electron chi connectivity index (χ4n) is 3.92. The maximum atomic E-state index is 13.2. The molecule has 2 atom stereocenters. The lowest BCUT2D eigenvalue weighted by Crippen LogP contribution is -2.21. The second kappa shape index (κ2) is 20.4. The highest BCUT2D eigenvalue weighted by Gasteiger charge is 2.30. The van der Waals surface area contributed by atoms with Gasteiger partial charge in [-0.1, -0.05) is 68.3 Å². The van der Waals surface area contributed by atoms with Crippen LogP contribution in [-0.4, -0.2) is 47.8 Å². The summed E-state index contributed by atoms with van der Waals surface area (Å²) in [7, 11) is -6.71. The first kappa shape index (κ1) is 40.1. The van der Waals surface area contributed by atoms with Crippen LogP contribution in [0.25, 0.3) is 0 Å². The van der Waals surface area contributed by atoms with E-state index in [1.807, 2.05) is 77.1 Å².